The van der Waals surface area contributed by atoms with Crippen molar-refractivity contribution in [3.8, 4) is 0 Å². The summed E-state index contributed by atoms with van der Waals surface area (Å²) >= 11 is 0. The van der Waals surface area contributed by atoms with Gasteiger partial charge in [-0.05, 0) is 100 Å². The maximum Gasteiger partial charge on any atom is 0.323 e. The summed E-state index contributed by atoms with van der Waals surface area (Å²) in [4.78, 5) is 28.4. The molecule has 0 aromatic heterocycles. The Balaban J connectivity index is 1.49. The van der Waals surface area contributed by atoms with Crippen LogP contribution in [0.5, 0.6) is 0 Å². The molecule has 5 aromatic carbocycles. The van der Waals surface area contributed by atoms with E-state index in [-0.39, 0.29) is 30.8 Å². The average Bonchev–Trinajstić information content (AvgIpc) is 3.13. The highest BCUT2D eigenvalue weighted by atomic mass is 32.2. The Morgan fingerprint density at radius 2 is 1.07 bits per heavy atom. The molecule has 0 aliphatic carbocycles. The lowest BCUT2D eigenvalue weighted by atomic mass is 9.76. The van der Waals surface area contributed by atoms with Crippen molar-refractivity contribution >= 4 is 32.8 Å². The molecule has 0 saturated heterocycles. The van der Waals surface area contributed by atoms with Gasteiger partial charge in [-0.25, -0.2) is 0 Å². The van der Waals surface area contributed by atoms with Crippen LogP contribution in [0.2, 0.25) is 0 Å². The Kier molecular flexibility index (Phi) is 12.8. The molecule has 5 rings (SSSR count). The number of esters is 2. The fourth-order valence-corrected chi connectivity index (χ4v) is 7.53. The summed E-state index contributed by atoms with van der Waals surface area (Å²) in [6.45, 7) is 10.6. The summed E-state index contributed by atoms with van der Waals surface area (Å²) < 4.78 is 43.8. The standard InChI is InChI=1S/C45H51NO7S/c1-43(2,3)52-41(47)35(21-18-30-51-54(49,50)39-29-28-33-19-16-17-20-34(33)31-39)32-40(42(48)53-44(4,5)6)46-45(36-22-10-7-11-23-36,37-24-12-8-13-25-37)38-26-14-9-15-27-38/h7-17,19-20,22-29,31,35,40,46H,18,21,30,32H2,1-6H3/t35?,40-/m0/s1. The number of ether oxygens (including phenoxy) is 2. The van der Waals surface area contributed by atoms with E-state index < -0.39 is 50.8 Å². The molecule has 0 heterocycles. The Morgan fingerprint density at radius 3 is 1.57 bits per heavy atom. The summed E-state index contributed by atoms with van der Waals surface area (Å²) in [5, 5.41) is 5.43. The Morgan fingerprint density at radius 1 is 0.611 bits per heavy atom. The molecule has 0 amide bonds. The second kappa shape index (κ2) is 17.1. The Labute approximate surface area is 320 Å². The van der Waals surface area contributed by atoms with Gasteiger partial charge in [-0.2, -0.15) is 8.42 Å². The molecule has 284 valence electrons. The van der Waals surface area contributed by atoms with Gasteiger partial charge in [-0.3, -0.25) is 19.1 Å². The highest BCUT2D eigenvalue weighted by molar-refractivity contribution is 7.86. The minimum atomic E-state index is -4.07. The summed E-state index contributed by atoms with van der Waals surface area (Å²) in [5.41, 5.74) is -0.00699. The number of nitrogens with one attached hydrogen (secondary N) is 1. The number of hydrogen-bond donors (Lipinski definition) is 1. The maximum atomic E-state index is 14.3. The van der Waals surface area contributed by atoms with Gasteiger partial charge >= 0.3 is 11.9 Å². The van der Waals surface area contributed by atoms with E-state index in [0.717, 1.165) is 27.5 Å². The Hall–Kier alpha value is -4.83. The topological polar surface area (TPSA) is 108 Å². The molecule has 1 unspecified atom stereocenters. The lowest BCUT2D eigenvalue weighted by Crippen LogP contribution is -2.54. The Bertz CT molecular complexity index is 2010. The lowest BCUT2D eigenvalue weighted by molar-refractivity contribution is -0.163. The predicted molar refractivity (Wildman–Crippen MR) is 212 cm³/mol. The van der Waals surface area contributed by atoms with Crippen LogP contribution < -0.4 is 5.32 Å². The minimum Gasteiger partial charge on any atom is -0.460 e. The van der Waals surface area contributed by atoms with Gasteiger partial charge in [0.1, 0.15) is 17.2 Å². The predicted octanol–water partition coefficient (Wildman–Crippen LogP) is 8.97. The quantitative estimate of drug-likeness (QED) is 0.0489. The first kappa shape index (κ1) is 40.4. The lowest BCUT2D eigenvalue weighted by Gasteiger charge is -2.40. The molecule has 9 heteroatoms. The molecule has 0 saturated carbocycles. The maximum absolute atomic E-state index is 14.3. The third-order valence-corrected chi connectivity index (χ3v) is 10.2. The zero-order chi connectivity index (χ0) is 39.0. The minimum absolute atomic E-state index is 0.00943. The van der Waals surface area contributed by atoms with Crippen molar-refractivity contribution in [2.75, 3.05) is 6.61 Å². The molecule has 0 spiro atoms. The molecule has 0 aliphatic rings. The van der Waals surface area contributed by atoms with E-state index >= 15 is 0 Å². The van der Waals surface area contributed by atoms with Crippen molar-refractivity contribution in [3.05, 3.63) is 150 Å². The molecule has 1 N–H and O–H groups in total. The van der Waals surface area contributed by atoms with E-state index in [2.05, 4.69) is 5.32 Å². The highest BCUT2D eigenvalue weighted by Crippen LogP contribution is 2.38. The zero-order valence-corrected chi connectivity index (χ0v) is 32.8. The first-order valence-corrected chi connectivity index (χ1v) is 19.8. The van der Waals surface area contributed by atoms with Crippen molar-refractivity contribution in [1.29, 1.82) is 0 Å². The van der Waals surface area contributed by atoms with Gasteiger partial charge in [0.15, 0.2) is 0 Å². The van der Waals surface area contributed by atoms with Crippen LogP contribution in [0.15, 0.2) is 138 Å². The highest BCUT2D eigenvalue weighted by Gasteiger charge is 2.42. The molecule has 0 bridgehead atoms. The van der Waals surface area contributed by atoms with Crippen LogP contribution in [0.25, 0.3) is 10.8 Å². The summed E-state index contributed by atoms with van der Waals surface area (Å²) in [7, 11) is -4.07. The molecule has 0 radical (unpaired) electrons. The van der Waals surface area contributed by atoms with E-state index in [1.54, 1.807) is 53.7 Å². The first-order chi connectivity index (χ1) is 25.6. The number of hydrogen-bond acceptors (Lipinski definition) is 8. The van der Waals surface area contributed by atoms with Gasteiger partial charge in [0.25, 0.3) is 10.1 Å². The van der Waals surface area contributed by atoms with Gasteiger partial charge in [0, 0.05) is 0 Å². The summed E-state index contributed by atoms with van der Waals surface area (Å²) in [5.74, 6) is -1.85. The smallest absolute Gasteiger partial charge is 0.323 e. The first-order valence-electron chi connectivity index (χ1n) is 18.4. The van der Waals surface area contributed by atoms with E-state index in [9.17, 15) is 18.0 Å². The molecule has 5 aromatic rings. The largest absolute Gasteiger partial charge is 0.460 e. The van der Waals surface area contributed by atoms with Gasteiger partial charge < -0.3 is 9.47 Å². The fourth-order valence-electron chi connectivity index (χ4n) is 6.55. The summed E-state index contributed by atoms with van der Waals surface area (Å²) in [6, 6.07) is 41.0. The van der Waals surface area contributed by atoms with Gasteiger partial charge in [0.2, 0.25) is 0 Å². The van der Waals surface area contributed by atoms with E-state index in [1.807, 2.05) is 115 Å². The van der Waals surface area contributed by atoms with Crippen LogP contribution in [0.4, 0.5) is 0 Å². The molecule has 2 atom stereocenters. The third-order valence-electron chi connectivity index (χ3n) is 8.91. The molecule has 0 fully saturated rings. The van der Waals surface area contributed by atoms with Crippen molar-refractivity contribution < 1.29 is 31.7 Å². The van der Waals surface area contributed by atoms with Gasteiger partial charge in [-0.15, -0.1) is 0 Å². The van der Waals surface area contributed by atoms with Gasteiger partial charge in [0.05, 0.1) is 23.0 Å². The van der Waals surface area contributed by atoms with E-state index in [4.69, 9.17) is 13.7 Å². The number of rotatable bonds is 15. The second-order valence-corrected chi connectivity index (χ2v) is 17.1. The van der Waals surface area contributed by atoms with Crippen LogP contribution in [-0.4, -0.2) is 44.2 Å². The van der Waals surface area contributed by atoms with Crippen molar-refractivity contribution in [1.82, 2.24) is 5.32 Å². The normalized spacial score (nSPS) is 13.6. The average molecular weight is 750 g/mol. The fraction of sp³-hybridized carbons (Fsp3) is 0.333. The monoisotopic (exact) mass is 749 g/mol. The van der Waals surface area contributed by atoms with Crippen molar-refractivity contribution in [2.24, 2.45) is 5.92 Å². The molecule has 8 nitrogen and oxygen atoms in total. The van der Waals surface area contributed by atoms with Crippen LogP contribution in [0.3, 0.4) is 0 Å². The number of carbonyl (C=O) groups is 2. The van der Waals surface area contributed by atoms with Crippen LogP contribution in [0.1, 0.15) is 77.5 Å². The van der Waals surface area contributed by atoms with E-state index in [1.165, 1.54) is 6.07 Å². The number of fused-ring (bicyclic) bond motifs is 1. The second-order valence-electron chi connectivity index (χ2n) is 15.5. The van der Waals surface area contributed by atoms with Crippen molar-refractivity contribution in [3.63, 3.8) is 0 Å². The number of carbonyl (C=O) groups excluding carboxylic acids is 2. The van der Waals surface area contributed by atoms with Gasteiger partial charge in [-0.1, -0.05) is 121 Å². The SMILES string of the molecule is CC(C)(C)OC(=O)C(CCCOS(=O)(=O)c1ccc2ccccc2c1)C[C@H](NC(c1ccccc1)(c1ccccc1)c1ccccc1)C(=O)OC(C)(C)C. The van der Waals surface area contributed by atoms with Crippen LogP contribution in [-0.2, 0) is 38.9 Å². The van der Waals surface area contributed by atoms with E-state index in [0.29, 0.717) is 0 Å². The molecule has 54 heavy (non-hydrogen) atoms. The molecular formula is C45H51NO7S. The van der Waals surface area contributed by atoms with Crippen LogP contribution in [0, 0.1) is 5.92 Å². The molecular weight excluding hydrogens is 699 g/mol. The van der Waals surface area contributed by atoms with Crippen molar-refractivity contribution in [2.45, 2.75) is 88.5 Å². The third kappa shape index (κ3) is 10.4. The zero-order valence-electron chi connectivity index (χ0n) is 32.0. The summed E-state index contributed by atoms with van der Waals surface area (Å²) in [6.07, 6.45) is 0.409. The van der Waals surface area contributed by atoms with Crippen LogP contribution >= 0.6 is 0 Å². The molecule has 0 aliphatic heterocycles. The number of benzene rings is 5.